The van der Waals surface area contributed by atoms with Gasteiger partial charge in [-0.05, 0) is 66.6 Å². The largest absolute Gasteiger partial charge is 0.356 e. The minimum Gasteiger partial charge on any atom is -0.356 e. The van der Waals surface area contributed by atoms with E-state index in [4.69, 9.17) is 0 Å². The highest BCUT2D eigenvalue weighted by atomic mass is 19.1. The quantitative estimate of drug-likeness (QED) is 0.613. The first kappa shape index (κ1) is 19.8. The lowest BCUT2D eigenvalue weighted by molar-refractivity contribution is -0.131. The highest BCUT2D eigenvalue weighted by Crippen LogP contribution is 2.49. The predicted octanol–water partition coefficient (Wildman–Crippen LogP) is 4.84. The minimum absolute atomic E-state index is 0.0543. The van der Waals surface area contributed by atoms with Gasteiger partial charge in [-0.1, -0.05) is 0 Å². The Bertz CT molecular complexity index is 1180. The van der Waals surface area contributed by atoms with Crippen molar-refractivity contribution in [2.24, 2.45) is 11.8 Å². The molecule has 1 aliphatic carbocycles. The summed E-state index contributed by atoms with van der Waals surface area (Å²) in [6.07, 6.45) is 2.04. The van der Waals surface area contributed by atoms with E-state index in [9.17, 15) is 22.8 Å². The van der Waals surface area contributed by atoms with Crippen LogP contribution in [0.5, 0.6) is 0 Å². The number of hydrogen-bond acceptors (Lipinski definition) is 2. The van der Waals surface area contributed by atoms with E-state index >= 15 is 0 Å². The van der Waals surface area contributed by atoms with Gasteiger partial charge in [0.25, 0.3) is 0 Å². The van der Waals surface area contributed by atoms with Crippen molar-refractivity contribution in [3.05, 3.63) is 59.4 Å². The molecule has 1 saturated carbocycles. The number of aromatic amines is 1. The highest BCUT2D eigenvalue weighted by molar-refractivity contribution is 5.93. The molecule has 160 valence electrons. The summed E-state index contributed by atoms with van der Waals surface area (Å²) in [6.45, 7) is 0.609. The summed E-state index contributed by atoms with van der Waals surface area (Å²) in [4.78, 5) is 27.5. The second kappa shape index (κ2) is 7.55. The molecule has 1 aromatic heterocycles. The zero-order chi connectivity index (χ0) is 21.7. The Morgan fingerprint density at radius 1 is 1.03 bits per heavy atom. The fourth-order valence-corrected chi connectivity index (χ4v) is 4.87. The first-order chi connectivity index (χ1) is 14.9. The minimum atomic E-state index is -0.691. The number of halogens is 3. The molecule has 2 fully saturated rings. The van der Waals surface area contributed by atoms with Crippen molar-refractivity contribution in [2.75, 3.05) is 6.54 Å². The fraction of sp³-hybridized carbons (Fsp3) is 0.333. The molecule has 0 radical (unpaired) electrons. The lowest BCUT2D eigenvalue weighted by Gasteiger charge is -2.35. The highest BCUT2D eigenvalue weighted by Gasteiger charge is 2.40. The molecule has 3 aromatic rings. The molecule has 2 aliphatic rings. The third-order valence-corrected chi connectivity index (χ3v) is 6.61. The topological polar surface area (TPSA) is 62.0 Å². The average Bonchev–Trinajstić information content (AvgIpc) is 3.26. The van der Waals surface area contributed by atoms with Crippen LogP contribution in [0.4, 0.5) is 13.2 Å². The Kier molecular flexibility index (Phi) is 4.84. The van der Waals surface area contributed by atoms with Gasteiger partial charge in [0, 0.05) is 36.3 Å². The normalized spacial score (nSPS) is 23.1. The Balaban J connectivity index is 1.45. The van der Waals surface area contributed by atoms with E-state index in [1.165, 1.54) is 18.2 Å². The smallest absolute Gasteiger partial charge is 0.223 e. The standard InChI is InChI=1S/C24H21F3N2O2/c25-16-3-1-12(2-4-16)22-21(18-10-17(26)11-19(27)23(18)29-22)15-7-14(8-15)20(30)9-13-5-6-28-24(13)31/h1-4,10-11,13-15,29H,5-9H2,(H,28,31)/t13-,14?,15?/m0/s1. The number of amides is 1. The molecule has 1 atom stereocenters. The zero-order valence-electron chi connectivity index (χ0n) is 16.7. The second-order valence-electron chi connectivity index (χ2n) is 8.54. The number of rotatable bonds is 5. The molecule has 31 heavy (non-hydrogen) atoms. The molecule has 1 amide bonds. The van der Waals surface area contributed by atoms with Gasteiger partial charge in [-0.15, -0.1) is 0 Å². The third-order valence-electron chi connectivity index (χ3n) is 6.61. The average molecular weight is 426 g/mol. The van der Waals surface area contributed by atoms with E-state index in [-0.39, 0.29) is 47.2 Å². The number of H-pyrrole nitrogens is 1. The monoisotopic (exact) mass is 426 g/mol. The Morgan fingerprint density at radius 2 is 1.77 bits per heavy atom. The van der Waals surface area contributed by atoms with E-state index in [1.54, 1.807) is 12.1 Å². The molecular weight excluding hydrogens is 405 g/mol. The summed E-state index contributed by atoms with van der Waals surface area (Å²) in [6, 6.07) is 7.96. The molecule has 5 rings (SSSR count). The van der Waals surface area contributed by atoms with Crippen LogP contribution < -0.4 is 5.32 Å². The molecule has 7 heteroatoms. The number of ketones is 1. The van der Waals surface area contributed by atoms with Crippen molar-refractivity contribution >= 4 is 22.6 Å². The summed E-state index contributed by atoms with van der Waals surface area (Å²) in [5, 5.41) is 3.20. The van der Waals surface area contributed by atoms with Crippen molar-refractivity contribution in [1.82, 2.24) is 10.3 Å². The van der Waals surface area contributed by atoms with Crippen molar-refractivity contribution < 1.29 is 22.8 Å². The van der Waals surface area contributed by atoms with Crippen molar-refractivity contribution in [3.63, 3.8) is 0 Å². The predicted molar refractivity (Wildman–Crippen MR) is 110 cm³/mol. The van der Waals surface area contributed by atoms with Gasteiger partial charge in [-0.3, -0.25) is 9.59 Å². The number of aromatic nitrogens is 1. The van der Waals surface area contributed by atoms with Crippen LogP contribution in [0, 0.1) is 29.3 Å². The third kappa shape index (κ3) is 3.52. The first-order valence-electron chi connectivity index (χ1n) is 10.5. The lowest BCUT2D eigenvalue weighted by Crippen LogP contribution is -2.31. The molecule has 1 aliphatic heterocycles. The molecule has 2 N–H and O–H groups in total. The van der Waals surface area contributed by atoms with Crippen LogP contribution in [-0.2, 0) is 9.59 Å². The molecule has 4 nitrogen and oxygen atoms in total. The van der Waals surface area contributed by atoms with Gasteiger partial charge in [-0.25, -0.2) is 13.2 Å². The first-order valence-corrected chi connectivity index (χ1v) is 10.5. The number of hydrogen-bond donors (Lipinski definition) is 2. The van der Waals surface area contributed by atoms with Crippen LogP contribution in [0.15, 0.2) is 36.4 Å². The van der Waals surface area contributed by atoms with E-state index in [1.807, 2.05) is 0 Å². The number of carbonyl (C=O) groups is 2. The molecule has 0 unspecified atom stereocenters. The Morgan fingerprint density at radius 3 is 2.45 bits per heavy atom. The van der Waals surface area contributed by atoms with Crippen molar-refractivity contribution in [3.8, 4) is 11.3 Å². The summed E-state index contributed by atoms with van der Waals surface area (Å²) in [5.41, 5.74) is 2.24. The number of fused-ring (bicyclic) bond motifs is 1. The van der Waals surface area contributed by atoms with Crippen LogP contribution in [0.25, 0.3) is 22.2 Å². The second-order valence-corrected chi connectivity index (χ2v) is 8.54. The summed E-state index contributed by atoms with van der Waals surface area (Å²) in [5.74, 6) is -2.21. The number of nitrogens with one attached hydrogen (secondary N) is 2. The van der Waals surface area contributed by atoms with Crippen LogP contribution in [0.3, 0.4) is 0 Å². The van der Waals surface area contributed by atoms with Crippen molar-refractivity contribution in [1.29, 1.82) is 0 Å². The van der Waals surface area contributed by atoms with Crippen LogP contribution in [0.1, 0.15) is 37.2 Å². The van der Waals surface area contributed by atoms with Gasteiger partial charge in [0.1, 0.15) is 23.2 Å². The van der Waals surface area contributed by atoms with Gasteiger partial charge in [0.2, 0.25) is 5.91 Å². The summed E-state index contributed by atoms with van der Waals surface area (Å²) in [7, 11) is 0. The maximum atomic E-state index is 14.5. The molecule has 1 saturated heterocycles. The van der Waals surface area contributed by atoms with Gasteiger partial charge in [0.15, 0.2) is 0 Å². The maximum absolute atomic E-state index is 14.5. The van der Waals surface area contributed by atoms with Gasteiger partial charge in [-0.2, -0.15) is 0 Å². The molecule has 2 heterocycles. The molecular formula is C24H21F3N2O2. The summed E-state index contributed by atoms with van der Waals surface area (Å²) < 4.78 is 41.9. The molecule has 2 aromatic carbocycles. The van der Waals surface area contributed by atoms with Crippen LogP contribution in [0.2, 0.25) is 0 Å². The summed E-state index contributed by atoms with van der Waals surface area (Å²) >= 11 is 0. The van der Waals surface area contributed by atoms with E-state index in [0.717, 1.165) is 11.6 Å². The lowest BCUT2D eigenvalue weighted by atomic mass is 9.67. The number of benzene rings is 2. The van der Waals surface area contributed by atoms with Crippen LogP contribution >= 0.6 is 0 Å². The fourth-order valence-electron chi connectivity index (χ4n) is 4.87. The van der Waals surface area contributed by atoms with E-state index in [0.29, 0.717) is 42.5 Å². The molecule has 0 bridgehead atoms. The van der Waals surface area contributed by atoms with Crippen LogP contribution in [-0.4, -0.2) is 23.2 Å². The van der Waals surface area contributed by atoms with Gasteiger partial charge >= 0.3 is 0 Å². The number of carbonyl (C=O) groups excluding carboxylic acids is 2. The number of Topliss-reactive ketones (excluding diaryl/α,β-unsaturated/α-hetero) is 1. The van der Waals surface area contributed by atoms with E-state index in [2.05, 4.69) is 10.3 Å². The van der Waals surface area contributed by atoms with Crippen molar-refractivity contribution in [2.45, 2.75) is 31.6 Å². The SMILES string of the molecule is O=C(C[C@@H]1CCNC1=O)C1CC(c2c(-c3ccc(F)cc3)[nH]c3c(F)cc(F)cc23)C1. The Labute approximate surface area is 176 Å². The van der Waals surface area contributed by atoms with E-state index < -0.39 is 11.6 Å². The zero-order valence-corrected chi connectivity index (χ0v) is 16.7. The van der Waals surface area contributed by atoms with Gasteiger partial charge < -0.3 is 10.3 Å². The maximum Gasteiger partial charge on any atom is 0.223 e. The molecule has 0 spiro atoms. The van der Waals surface area contributed by atoms with Gasteiger partial charge in [0.05, 0.1) is 11.2 Å². The Hall–Kier alpha value is -3.09.